The van der Waals surface area contributed by atoms with E-state index in [2.05, 4.69) is 15.0 Å². The zero-order valence-electron chi connectivity index (χ0n) is 16.0. The van der Waals surface area contributed by atoms with E-state index in [9.17, 15) is 4.79 Å². The molecule has 0 unspecified atom stereocenters. The van der Waals surface area contributed by atoms with Crippen LogP contribution in [-0.2, 0) is 0 Å². The lowest BCUT2D eigenvalue weighted by atomic mass is 10.1. The lowest BCUT2D eigenvalue weighted by molar-refractivity contribution is 0.100. The highest BCUT2D eigenvalue weighted by molar-refractivity contribution is 6.41. The molecular formula is C20H17Cl2N5O3. The Morgan fingerprint density at radius 1 is 1.03 bits per heavy atom. The largest absolute Gasteiger partial charge is 0.495 e. The van der Waals surface area contributed by atoms with Gasteiger partial charge in [-0.25, -0.2) is 4.98 Å². The third kappa shape index (κ3) is 4.14. The molecule has 0 fully saturated rings. The van der Waals surface area contributed by atoms with Crippen molar-refractivity contribution in [1.29, 1.82) is 0 Å². The average molecular weight is 446 g/mol. The standard InChI is InChI=1S/C20H17Cl2N5O3/c1-29-13-9-14(30-2)17(22)15(16(13)21)12-4-3-11(18(23)26-12)19(24)27-20(28)10-5-7-25-8-6-10/h3-9H,1-2H3,(H2,23,26)(H2,24,27,28). The quantitative estimate of drug-likeness (QED) is 0.453. The lowest BCUT2D eigenvalue weighted by Crippen LogP contribution is -2.18. The minimum Gasteiger partial charge on any atom is -0.495 e. The number of methoxy groups -OCH3 is 2. The number of rotatable bonds is 5. The number of nitrogens with two attached hydrogens (primary N) is 2. The van der Waals surface area contributed by atoms with Gasteiger partial charge in [0.25, 0.3) is 5.91 Å². The van der Waals surface area contributed by atoms with E-state index in [0.29, 0.717) is 33.9 Å². The van der Waals surface area contributed by atoms with Gasteiger partial charge in [0, 0.05) is 29.6 Å². The molecule has 0 atom stereocenters. The van der Waals surface area contributed by atoms with E-state index in [1.54, 1.807) is 18.2 Å². The second-order valence-electron chi connectivity index (χ2n) is 5.95. The van der Waals surface area contributed by atoms with Gasteiger partial charge in [0.05, 0.1) is 35.5 Å². The molecule has 0 saturated heterocycles. The molecule has 2 heterocycles. The molecule has 0 aliphatic rings. The first-order valence-electron chi connectivity index (χ1n) is 8.53. The lowest BCUT2D eigenvalue weighted by Gasteiger charge is -2.15. The first-order valence-corrected chi connectivity index (χ1v) is 9.28. The second-order valence-corrected chi connectivity index (χ2v) is 6.71. The number of carbonyl (C=O) groups excluding carboxylic acids is 1. The number of amidine groups is 1. The van der Waals surface area contributed by atoms with Gasteiger partial charge in [0.2, 0.25) is 0 Å². The first-order chi connectivity index (χ1) is 14.4. The molecule has 0 saturated carbocycles. The highest BCUT2D eigenvalue weighted by atomic mass is 35.5. The predicted octanol–water partition coefficient (Wildman–Crippen LogP) is 3.60. The minimum atomic E-state index is -0.526. The molecular weight excluding hydrogens is 429 g/mol. The smallest absolute Gasteiger partial charge is 0.279 e. The number of anilines is 1. The Balaban J connectivity index is 2.02. The van der Waals surface area contributed by atoms with E-state index in [-0.39, 0.29) is 21.7 Å². The van der Waals surface area contributed by atoms with Crippen LogP contribution in [0, 0.1) is 0 Å². The van der Waals surface area contributed by atoms with Gasteiger partial charge in [-0.3, -0.25) is 9.78 Å². The summed E-state index contributed by atoms with van der Waals surface area (Å²) in [4.78, 5) is 24.3. The van der Waals surface area contributed by atoms with Crippen molar-refractivity contribution in [3.8, 4) is 22.8 Å². The maximum absolute atomic E-state index is 12.2. The summed E-state index contributed by atoms with van der Waals surface area (Å²) in [5.74, 6) is 0.170. The molecule has 2 aromatic heterocycles. The number of hydrogen-bond donors (Lipinski definition) is 2. The van der Waals surface area contributed by atoms with Crippen LogP contribution in [0.25, 0.3) is 11.3 Å². The van der Waals surface area contributed by atoms with E-state index in [0.717, 1.165) is 0 Å². The summed E-state index contributed by atoms with van der Waals surface area (Å²) in [5.41, 5.74) is 13.4. The molecule has 0 bridgehead atoms. The topological polar surface area (TPSA) is 126 Å². The monoisotopic (exact) mass is 445 g/mol. The molecule has 0 spiro atoms. The number of halogens is 2. The number of aliphatic imine (C=N–C) groups is 1. The van der Waals surface area contributed by atoms with E-state index < -0.39 is 5.91 Å². The van der Waals surface area contributed by atoms with Crippen LogP contribution in [0.15, 0.2) is 47.7 Å². The molecule has 10 heteroatoms. The van der Waals surface area contributed by atoms with Gasteiger partial charge in [0.15, 0.2) is 0 Å². The van der Waals surface area contributed by atoms with E-state index >= 15 is 0 Å². The summed E-state index contributed by atoms with van der Waals surface area (Å²) >= 11 is 12.9. The third-order valence-corrected chi connectivity index (χ3v) is 4.93. The van der Waals surface area contributed by atoms with Crippen molar-refractivity contribution in [2.75, 3.05) is 20.0 Å². The Hall–Kier alpha value is -3.36. The predicted molar refractivity (Wildman–Crippen MR) is 117 cm³/mol. The minimum absolute atomic E-state index is 0.0465. The molecule has 0 radical (unpaired) electrons. The number of ether oxygens (including phenoxy) is 2. The summed E-state index contributed by atoms with van der Waals surface area (Å²) in [6, 6.07) is 7.82. The van der Waals surface area contributed by atoms with Crippen LogP contribution in [0.1, 0.15) is 15.9 Å². The number of nitrogen functional groups attached to an aromatic ring is 1. The fraction of sp³-hybridized carbons (Fsp3) is 0.100. The molecule has 1 amide bonds. The van der Waals surface area contributed by atoms with Gasteiger partial charge < -0.3 is 20.9 Å². The van der Waals surface area contributed by atoms with Gasteiger partial charge >= 0.3 is 0 Å². The number of pyridine rings is 2. The Morgan fingerprint density at radius 3 is 2.17 bits per heavy atom. The fourth-order valence-electron chi connectivity index (χ4n) is 2.67. The molecule has 30 heavy (non-hydrogen) atoms. The molecule has 0 aliphatic carbocycles. The summed E-state index contributed by atoms with van der Waals surface area (Å²) in [5, 5.41) is 0.495. The van der Waals surface area contributed by atoms with Gasteiger partial charge in [-0.1, -0.05) is 23.2 Å². The Morgan fingerprint density at radius 2 is 1.63 bits per heavy atom. The molecule has 154 valence electrons. The Kier molecular flexibility index (Phi) is 6.39. The Labute approximate surface area is 182 Å². The molecule has 4 N–H and O–H groups in total. The normalized spacial score (nSPS) is 11.3. The summed E-state index contributed by atoms with van der Waals surface area (Å²) in [6.07, 6.45) is 2.97. The number of benzene rings is 1. The van der Waals surface area contributed by atoms with Gasteiger partial charge in [0.1, 0.15) is 23.2 Å². The highest BCUT2D eigenvalue weighted by Crippen LogP contribution is 2.45. The van der Waals surface area contributed by atoms with Crippen molar-refractivity contribution in [3.63, 3.8) is 0 Å². The number of aromatic nitrogens is 2. The van der Waals surface area contributed by atoms with Crippen molar-refractivity contribution in [2.45, 2.75) is 0 Å². The van der Waals surface area contributed by atoms with Crippen molar-refractivity contribution >= 4 is 40.8 Å². The van der Waals surface area contributed by atoms with E-state index in [4.69, 9.17) is 44.1 Å². The maximum Gasteiger partial charge on any atom is 0.279 e. The van der Waals surface area contributed by atoms with Crippen LogP contribution in [-0.4, -0.2) is 35.9 Å². The van der Waals surface area contributed by atoms with Crippen molar-refractivity contribution < 1.29 is 14.3 Å². The van der Waals surface area contributed by atoms with Gasteiger partial charge in [-0.15, -0.1) is 0 Å². The van der Waals surface area contributed by atoms with E-state index in [1.807, 2.05) is 0 Å². The zero-order chi connectivity index (χ0) is 21.8. The van der Waals surface area contributed by atoms with Gasteiger partial charge in [-0.2, -0.15) is 4.99 Å². The van der Waals surface area contributed by atoms with Crippen LogP contribution >= 0.6 is 23.2 Å². The fourth-order valence-corrected chi connectivity index (χ4v) is 3.36. The van der Waals surface area contributed by atoms with Crippen LogP contribution in [0.3, 0.4) is 0 Å². The van der Waals surface area contributed by atoms with Crippen LogP contribution < -0.4 is 20.9 Å². The summed E-state index contributed by atoms with van der Waals surface area (Å²) < 4.78 is 10.5. The van der Waals surface area contributed by atoms with E-state index in [1.165, 1.54) is 38.7 Å². The Bertz CT molecular complexity index is 1110. The number of nitrogens with zero attached hydrogens (tertiary/aromatic N) is 3. The first kappa shape index (κ1) is 21.4. The molecule has 1 aromatic carbocycles. The summed E-state index contributed by atoms with van der Waals surface area (Å²) in [6.45, 7) is 0. The molecule has 0 aliphatic heterocycles. The van der Waals surface area contributed by atoms with Gasteiger partial charge in [-0.05, 0) is 24.3 Å². The SMILES string of the molecule is COc1cc(OC)c(Cl)c(-c2ccc(C(N)=NC(=O)c3ccncc3)c(N)n2)c1Cl. The average Bonchev–Trinajstić information content (AvgIpc) is 2.74. The highest BCUT2D eigenvalue weighted by Gasteiger charge is 2.21. The van der Waals surface area contributed by atoms with Crippen molar-refractivity contribution in [1.82, 2.24) is 9.97 Å². The van der Waals surface area contributed by atoms with Crippen LogP contribution in [0.4, 0.5) is 5.82 Å². The third-order valence-electron chi connectivity index (χ3n) is 4.18. The number of carbonyl (C=O) groups is 1. The molecule has 3 aromatic rings. The number of amides is 1. The zero-order valence-corrected chi connectivity index (χ0v) is 17.5. The second kappa shape index (κ2) is 8.98. The molecule has 8 nitrogen and oxygen atoms in total. The number of hydrogen-bond acceptors (Lipinski definition) is 6. The molecule has 3 rings (SSSR count). The summed E-state index contributed by atoms with van der Waals surface area (Å²) in [7, 11) is 2.94. The van der Waals surface area contributed by atoms with Crippen LogP contribution in [0.2, 0.25) is 10.0 Å². The maximum atomic E-state index is 12.2. The van der Waals surface area contributed by atoms with Crippen LogP contribution in [0.5, 0.6) is 11.5 Å². The van der Waals surface area contributed by atoms with Crippen molar-refractivity contribution in [2.24, 2.45) is 10.7 Å². The van der Waals surface area contributed by atoms with Crippen molar-refractivity contribution in [3.05, 3.63) is 63.9 Å².